The van der Waals surface area contributed by atoms with E-state index in [-0.39, 0.29) is 11.6 Å². The zero-order chi connectivity index (χ0) is 15.0. The molecule has 0 saturated heterocycles. The lowest BCUT2D eigenvalue weighted by atomic mass is 9.98. The fourth-order valence-corrected chi connectivity index (χ4v) is 3.41. The van der Waals surface area contributed by atoms with Crippen molar-refractivity contribution in [2.24, 2.45) is 0 Å². The number of ketones is 1. The van der Waals surface area contributed by atoms with E-state index in [2.05, 4.69) is 18.2 Å². The summed E-state index contributed by atoms with van der Waals surface area (Å²) in [7, 11) is 0. The molecule has 106 valence electrons. The highest BCUT2D eigenvalue weighted by Crippen LogP contribution is 2.34. The summed E-state index contributed by atoms with van der Waals surface area (Å²) in [6.45, 7) is 4.06. The van der Waals surface area contributed by atoms with Gasteiger partial charge in [0.2, 0.25) is 0 Å². The van der Waals surface area contributed by atoms with Gasteiger partial charge in [-0.3, -0.25) is 4.79 Å². The van der Waals surface area contributed by atoms with Crippen LogP contribution < -0.4 is 0 Å². The lowest BCUT2D eigenvalue weighted by Crippen LogP contribution is -2.12. The third kappa shape index (κ3) is 2.79. The fourth-order valence-electron chi connectivity index (χ4n) is 2.41. The molecule has 1 aliphatic heterocycles. The topological polar surface area (TPSA) is 17.1 Å². The molecular formula is C18H15FOS. The van der Waals surface area contributed by atoms with E-state index in [0.717, 1.165) is 27.2 Å². The summed E-state index contributed by atoms with van der Waals surface area (Å²) in [6, 6.07) is 10.6. The van der Waals surface area contributed by atoms with Crippen LogP contribution in [0.1, 0.15) is 27.0 Å². The number of halogens is 1. The van der Waals surface area contributed by atoms with Crippen molar-refractivity contribution in [1.29, 1.82) is 0 Å². The highest BCUT2D eigenvalue weighted by Gasteiger charge is 2.23. The summed E-state index contributed by atoms with van der Waals surface area (Å²) in [5, 5.41) is 0. The van der Waals surface area contributed by atoms with Gasteiger partial charge >= 0.3 is 0 Å². The Bertz CT molecular complexity index is 762. The van der Waals surface area contributed by atoms with E-state index in [4.69, 9.17) is 0 Å². The number of aryl methyl sites for hydroxylation is 2. The molecule has 1 nitrogen and oxygen atoms in total. The van der Waals surface area contributed by atoms with Gasteiger partial charge < -0.3 is 0 Å². The van der Waals surface area contributed by atoms with Crippen molar-refractivity contribution in [3.8, 4) is 0 Å². The second-order valence-corrected chi connectivity index (χ2v) is 6.31. The van der Waals surface area contributed by atoms with Crippen LogP contribution in [0, 0.1) is 19.7 Å². The molecule has 0 fully saturated rings. The number of fused-ring (bicyclic) bond motifs is 1. The molecule has 1 aliphatic rings. The standard InChI is InChI=1S/C18H15FOS/c1-11-3-4-12(2)13(7-11)8-14-10-21-17-6-5-15(19)9-16(17)18(14)20/h3-9H,10H2,1-2H3/b14-8+. The van der Waals surface area contributed by atoms with E-state index in [1.54, 1.807) is 17.8 Å². The van der Waals surface area contributed by atoms with Gasteiger partial charge in [0.25, 0.3) is 0 Å². The summed E-state index contributed by atoms with van der Waals surface area (Å²) >= 11 is 1.58. The summed E-state index contributed by atoms with van der Waals surface area (Å²) in [6.07, 6.45) is 1.94. The number of carbonyl (C=O) groups is 1. The van der Waals surface area contributed by atoms with Crippen molar-refractivity contribution in [3.63, 3.8) is 0 Å². The number of thioether (sulfide) groups is 1. The van der Waals surface area contributed by atoms with Crippen molar-refractivity contribution >= 4 is 23.6 Å². The molecule has 0 aromatic heterocycles. The maximum Gasteiger partial charge on any atom is 0.191 e. The number of rotatable bonds is 1. The first-order valence-electron chi connectivity index (χ1n) is 6.79. The highest BCUT2D eigenvalue weighted by molar-refractivity contribution is 7.99. The Morgan fingerprint density at radius 1 is 1.14 bits per heavy atom. The minimum atomic E-state index is -0.365. The van der Waals surface area contributed by atoms with Crippen molar-refractivity contribution in [2.75, 3.05) is 5.75 Å². The van der Waals surface area contributed by atoms with Crippen LogP contribution in [-0.4, -0.2) is 11.5 Å². The Balaban J connectivity index is 2.03. The van der Waals surface area contributed by atoms with E-state index in [1.165, 1.54) is 12.1 Å². The minimum Gasteiger partial charge on any atom is -0.289 e. The molecule has 0 N–H and O–H groups in total. The quantitative estimate of drug-likeness (QED) is 0.702. The van der Waals surface area contributed by atoms with Crippen LogP contribution in [0.5, 0.6) is 0 Å². The Kier molecular flexibility index (Phi) is 3.68. The fraction of sp³-hybridized carbons (Fsp3) is 0.167. The molecule has 1 heterocycles. The molecule has 0 bridgehead atoms. The maximum absolute atomic E-state index is 13.4. The van der Waals surface area contributed by atoms with Crippen LogP contribution in [0.15, 0.2) is 46.9 Å². The van der Waals surface area contributed by atoms with E-state index < -0.39 is 0 Å². The lowest BCUT2D eigenvalue weighted by Gasteiger charge is -2.17. The third-order valence-electron chi connectivity index (χ3n) is 3.63. The van der Waals surface area contributed by atoms with Crippen molar-refractivity contribution in [3.05, 3.63) is 70.0 Å². The van der Waals surface area contributed by atoms with Gasteiger partial charge in [-0.05, 0) is 49.2 Å². The second kappa shape index (κ2) is 5.49. The molecule has 3 rings (SSSR count). The average Bonchev–Trinajstić information content (AvgIpc) is 2.46. The molecule has 0 atom stereocenters. The minimum absolute atomic E-state index is 0.0656. The molecule has 0 saturated carbocycles. The van der Waals surface area contributed by atoms with Crippen molar-refractivity contribution < 1.29 is 9.18 Å². The van der Waals surface area contributed by atoms with E-state index in [1.807, 2.05) is 19.9 Å². The van der Waals surface area contributed by atoms with Crippen LogP contribution in [0.25, 0.3) is 6.08 Å². The molecule has 0 unspecified atom stereocenters. The Morgan fingerprint density at radius 3 is 2.76 bits per heavy atom. The molecule has 2 aromatic carbocycles. The number of hydrogen-bond donors (Lipinski definition) is 0. The number of carbonyl (C=O) groups excluding carboxylic acids is 1. The summed E-state index contributed by atoms with van der Waals surface area (Å²) in [5.74, 6) is 0.199. The molecule has 0 spiro atoms. The zero-order valence-corrected chi connectivity index (χ0v) is 12.8. The second-order valence-electron chi connectivity index (χ2n) is 5.29. The third-order valence-corrected chi connectivity index (χ3v) is 4.75. The van der Waals surface area contributed by atoms with Crippen LogP contribution in [0.3, 0.4) is 0 Å². The Hall–Kier alpha value is -1.87. The monoisotopic (exact) mass is 298 g/mol. The number of benzene rings is 2. The SMILES string of the molecule is Cc1ccc(C)c(/C=C2\CSc3ccc(F)cc3C2=O)c1. The molecular weight excluding hydrogens is 283 g/mol. The normalized spacial score (nSPS) is 16.1. The molecule has 2 aromatic rings. The molecule has 0 amide bonds. The molecule has 0 aliphatic carbocycles. The highest BCUT2D eigenvalue weighted by atomic mass is 32.2. The van der Waals surface area contributed by atoms with Crippen molar-refractivity contribution in [1.82, 2.24) is 0 Å². The predicted molar refractivity (Wildman–Crippen MR) is 85.3 cm³/mol. The van der Waals surface area contributed by atoms with Gasteiger partial charge in [0.05, 0.1) is 0 Å². The lowest BCUT2D eigenvalue weighted by molar-refractivity contribution is 0.103. The van der Waals surface area contributed by atoms with Gasteiger partial charge in [-0.15, -0.1) is 11.8 Å². The predicted octanol–water partition coefficient (Wildman–Crippen LogP) is 4.81. The van der Waals surface area contributed by atoms with Gasteiger partial charge in [0.15, 0.2) is 5.78 Å². The number of hydrogen-bond acceptors (Lipinski definition) is 2. The summed E-state index contributed by atoms with van der Waals surface area (Å²) < 4.78 is 13.4. The maximum atomic E-state index is 13.4. The Morgan fingerprint density at radius 2 is 1.95 bits per heavy atom. The van der Waals surface area contributed by atoms with Crippen LogP contribution >= 0.6 is 11.8 Å². The van der Waals surface area contributed by atoms with Gasteiger partial charge in [-0.1, -0.05) is 23.8 Å². The first kappa shape index (κ1) is 14.1. The van der Waals surface area contributed by atoms with Gasteiger partial charge in [0.1, 0.15) is 5.82 Å². The summed E-state index contributed by atoms with van der Waals surface area (Å²) in [4.78, 5) is 13.4. The van der Waals surface area contributed by atoms with Crippen LogP contribution in [0.4, 0.5) is 4.39 Å². The molecule has 3 heteroatoms. The van der Waals surface area contributed by atoms with Crippen molar-refractivity contribution in [2.45, 2.75) is 18.7 Å². The molecule has 0 radical (unpaired) electrons. The van der Waals surface area contributed by atoms with E-state index >= 15 is 0 Å². The van der Waals surface area contributed by atoms with E-state index in [0.29, 0.717) is 11.3 Å². The first-order valence-corrected chi connectivity index (χ1v) is 7.78. The van der Waals surface area contributed by atoms with E-state index in [9.17, 15) is 9.18 Å². The number of Topliss-reactive ketones (excluding diaryl/α,β-unsaturated/α-hetero) is 1. The average molecular weight is 298 g/mol. The summed E-state index contributed by atoms with van der Waals surface area (Å²) in [5.41, 5.74) is 4.55. The molecule has 21 heavy (non-hydrogen) atoms. The van der Waals surface area contributed by atoms with Crippen LogP contribution in [-0.2, 0) is 0 Å². The zero-order valence-electron chi connectivity index (χ0n) is 11.9. The first-order chi connectivity index (χ1) is 10.0. The smallest absolute Gasteiger partial charge is 0.191 e. The Labute approximate surface area is 127 Å². The van der Waals surface area contributed by atoms with Gasteiger partial charge in [0, 0.05) is 21.8 Å². The largest absolute Gasteiger partial charge is 0.289 e. The van der Waals surface area contributed by atoms with Gasteiger partial charge in [-0.2, -0.15) is 0 Å². The van der Waals surface area contributed by atoms with Gasteiger partial charge in [-0.25, -0.2) is 4.39 Å². The van der Waals surface area contributed by atoms with Crippen LogP contribution in [0.2, 0.25) is 0 Å².